The number of phenols is 1. The monoisotopic (exact) mass is 808 g/mol. The number of fused-ring (bicyclic) bond motifs is 4. The zero-order valence-electron chi connectivity index (χ0n) is 31.3. The predicted octanol–water partition coefficient (Wildman–Crippen LogP) is 3.90. The van der Waals surface area contributed by atoms with E-state index in [9.17, 15) is 24.9 Å². The highest BCUT2D eigenvalue weighted by Crippen LogP contribution is 2.51. The van der Waals surface area contributed by atoms with E-state index in [0.29, 0.717) is 32.8 Å². The Morgan fingerprint density at radius 3 is 2.42 bits per heavy atom. The van der Waals surface area contributed by atoms with Gasteiger partial charge in [-0.1, -0.05) is 23.4 Å². The number of carbonyl (C=O) groups is 1. The SMILES string of the molecule is O=C(OC1CC2(C1)CN(CCCn1nnc3cc(CNC[C@H](O)c4ccc(O)c5[nH]c(=O)ccc45)c4c(c31)N1CCN4CC1)C2)C(O)(c1cccs1)c1cccs1. The molecule has 5 aliphatic rings. The van der Waals surface area contributed by atoms with Crippen molar-refractivity contribution < 1.29 is 24.9 Å². The number of benzene rings is 2. The van der Waals surface area contributed by atoms with Crippen LogP contribution in [-0.4, -0.2) is 105 Å². The summed E-state index contributed by atoms with van der Waals surface area (Å²) in [5, 5.41) is 50.1. The highest BCUT2D eigenvalue weighted by Gasteiger charge is 2.55. The lowest BCUT2D eigenvalue weighted by atomic mass is 9.61. The van der Waals surface area contributed by atoms with Gasteiger partial charge in [-0.25, -0.2) is 9.48 Å². The van der Waals surface area contributed by atoms with Gasteiger partial charge in [0.15, 0.2) is 0 Å². The zero-order chi connectivity index (χ0) is 38.9. The molecule has 0 radical (unpaired) electrons. The van der Waals surface area contributed by atoms with E-state index < -0.39 is 17.7 Å². The number of piperazine rings is 1. The minimum atomic E-state index is -1.77. The van der Waals surface area contributed by atoms with Gasteiger partial charge in [-0.2, -0.15) is 0 Å². The number of pyridine rings is 1. The molecular weight excluding hydrogens is 765 g/mol. The van der Waals surface area contributed by atoms with Gasteiger partial charge in [0, 0.05) is 75.8 Å². The van der Waals surface area contributed by atoms with Gasteiger partial charge in [-0.15, -0.1) is 27.8 Å². The number of aryl methyl sites for hydroxylation is 1. The molecule has 0 amide bonds. The first-order chi connectivity index (χ1) is 27.7. The molecule has 1 aliphatic carbocycles. The molecule has 5 N–H and O–H groups in total. The number of esters is 1. The van der Waals surface area contributed by atoms with Gasteiger partial charge in [0.05, 0.1) is 32.7 Å². The summed E-state index contributed by atoms with van der Waals surface area (Å²) in [5.41, 5.74) is 4.45. The first-order valence-corrected chi connectivity index (χ1v) is 21.3. The number of carbonyl (C=O) groups excluding carboxylic acids is 1. The van der Waals surface area contributed by atoms with Crippen LogP contribution in [0.3, 0.4) is 0 Å². The van der Waals surface area contributed by atoms with Crippen molar-refractivity contribution in [2.24, 2.45) is 5.41 Å². The number of anilines is 2. The third-order valence-electron chi connectivity index (χ3n) is 12.3. The third-order valence-corrected chi connectivity index (χ3v) is 14.2. The molecule has 6 aromatic rings. The summed E-state index contributed by atoms with van der Waals surface area (Å²) in [7, 11) is 0. The number of aromatic nitrogens is 4. The molecule has 8 heterocycles. The smallest absolute Gasteiger partial charge is 0.349 e. The summed E-state index contributed by atoms with van der Waals surface area (Å²) in [4.78, 5) is 36.5. The number of phenolic OH excluding ortho intramolecular Hbond substituents is 1. The lowest BCUT2D eigenvalue weighted by Gasteiger charge is -2.58. The normalized spacial score (nSPS) is 18.3. The van der Waals surface area contributed by atoms with E-state index in [-0.39, 0.29) is 29.4 Å². The van der Waals surface area contributed by atoms with Gasteiger partial charge in [-0.05, 0) is 78.0 Å². The number of H-pyrrole nitrogens is 1. The molecule has 296 valence electrons. The van der Waals surface area contributed by atoms with Crippen molar-refractivity contribution in [2.75, 3.05) is 62.2 Å². The zero-order valence-corrected chi connectivity index (χ0v) is 32.9. The van der Waals surface area contributed by atoms with Gasteiger partial charge in [-0.3, -0.25) is 4.79 Å². The van der Waals surface area contributed by atoms with Crippen LogP contribution >= 0.6 is 22.7 Å². The number of aromatic amines is 1. The van der Waals surface area contributed by atoms with Crippen LogP contribution in [0.1, 0.15) is 46.2 Å². The maximum absolute atomic E-state index is 13.4. The molecule has 16 heteroatoms. The van der Waals surface area contributed by atoms with Crippen LogP contribution in [0.15, 0.2) is 70.2 Å². The second-order valence-electron chi connectivity index (χ2n) is 16.0. The largest absolute Gasteiger partial charge is 0.506 e. The number of aromatic hydroxyl groups is 1. The van der Waals surface area contributed by atoms with Gasteiger partial charge >= 0.3 is 5.97 Å². The lowest BCUT2D eigenvalue weighted by Crippen LogP contribution is -2.64. The minimum Gasteiger partial charge on any atom is -0.506 e. The predicted molar refractivity (Wildman–Crippen MR) is 219 cm³/mol. The minimum absolute atomic E-state index is 0.0349. The number of nitrogens with one attached hydrogen (secondary N) is 2. The van der Waals surface area contributed by atoms with Crippen LogP contribution < -0.4 is 20.7 Å². The summed E-state index contributed by atoms with van der Waals surface area (Å²) in [5.74, 6) is -0.624. The molecule has 2 aromatic carbocycles. The average Bonchev–Trinajstić information content (AvgIpc) is 4.00. The molecule has 57 heavy (non-hydrogen) atoms. The van der Waals surface area contributed by atoms with Crippen LogP contribution in [0.5, 0.6) is 5.75 Å². The molecule has 2 bridgehead atoms. The molecule has 0 unspecified atom stereocenters. The van der Waals surface area contributed by atoms with Crippen molar-refractivity contribution in [3.8, 4) is 5.75 Å². The Kier molecular flexibility index (Phi) is 9.10. The fraction of sp³-hybridized carbons (Fsp3) is 0.415. The molecule has 4 aliphatic heterocycles. The number of hydrogen-bond acceptors (Lipinski definition) is 14. The molecule has 1 spiro atoms. The van der Waals surface area contributed by atoms with E-state index in [0.717, 1.165) is 88.2 Å². The fourth-order valence-electron chi connectivity index (χ4n) is 9.55. The number of ether oxygens (including phenoxy) is 1. The number of nitrogens with zero attached hydrogens (tertiary/aromatic N) is 6. The third kappa shape index (κ3) is 6.29. The van der Waals surface area contributed by atoms with Crippen molar-refractivity contribution in [3.05, 3.63) is 96.6 Å². The number of aliphatic hydroxyl groups is 2. The van der Waals surface area contributed by atoms with Crippen LogP contribution in [0.2, 0.25) is 0 Å². The van der Waals surface area contributed by atoms with Gasteiger partial charge < -0.3 is 45.1 Å². The summed E-state index contributed by atoms with van der Waals surface area (Å²) < 4.78 is 7.99. The van der Waals surface area contributed by atoms with Crippen LogP contribution in [-0.2, 0) is 28.2 Å². The second-order valence-corrected chi connectivity index (χ2v) is 17.9. The van der Waals surface area contributed by atoms with Crippen LogP contribution in [0.25, 0.3) is 21.9 Å². The highest BCUT2D eigenvalue weighted by molar-refractivity contribution is 7.12. The van der Waals surface area contributed by atoms with E-state index in [4.69, 9.17) is 4.74 Å². The standard InChI is InChI=1S/C41H44N8O6S2/c50-30-8-6-27(28-7-9-34(52)43-35(28)30)31(51)22-42-21-25-18-29-37(38-36(25)47-12-14-48(38)15-13-47)49(45-44-29)11-3-10-46-23-40(24-46)19-26(20-40)55-39(53)41(54,32-4-1-16-56-32)33-5-2-17-57-33/h1-2,4-9,16-18,26,31,42,50-51,54H,3,10-15,19-24H2,(H,43,52)/t31-/m0/s1. The van der Waals surface area contributed by atoms with E-state index in [2.05, 4.69) is 46.1 Å². The number of likely N-dealkylation sites (tertiary alicyclic amines) is 1. The number of aliphatic hydroxyl groups excluding tert-OH is 1. The summed E-state index contributed by atoms with van der Waals surface area (Å²) >= 11 is 2.71. The lowest BCUT2D eigenvalue weighted by molar-refractivity contribution is -0.191. The van der Waals surface area contributed by atoms with Crippen molar-refractivity contribution in [3.63, 3.8) is 0 Å². The van der Waals surface area contributed by atoms with E-state index in [1.807, 2.05) is 22.9 Å². The van der Waals surface area contributed by atoms with E-state index in [1.54, 1.807) is 24.3 Å². The van der Waals surface area contributed by atoms with Gasteiger partial charge in [0.1, 0.15) is 22.9 Å². The van der Waals surface area contributed by atoms with E-state index >= 15 is 0 Å². The average molecular weight is 809 g/mol. The van der Waals surface area contributed by atoms with Crippen molar-refractivity contribution in [2.45, 2.75) is 50.2 Å². The highest BCUT2D eigenvalue weighted by atomic mass is 32.1. The van der Waals surface area contributed by atoms with Crippen LogP contribution in [0, 0.1) is 5.41 Å². The van der Waals surface area contributed by atoms with Crippen molar-refractivity contribution in [1.82, 2.24) is 30.2 Å². The Balaban J connectivity index is 0.761. The molecule has 1 saturated carbocycles. The molecule has 14 nitrogen and oxygen atoms in total. The molecular formula is C41H44N8O6S2. The second kappa shape index (κ2) is 14.2. The van der Waals surface area contributed by atoms with E-state index in [1.165, 1.54) is 46.2 Å². The van der Waals surface area contributed by atoms with Crippen LogP contribution in [0.4, 0.5) is 11.4 Å². The Morgan fingerprint density at radius 1 is 1.00 bits per heavy atom. The van der Waals surface area contributed by atoms with Gasteiger partial charge in [0.2, 0.25) is 11.2 Å². The summed E-state index contributed by atoms with van der Waals surface area (Å²) in [6.07, 6.45) is 1.53. The first kappa shape index (κ1) is 36.5. The maximum atomic E-state index is 13.4. The maximum Gasteiger partial charge on any atom is 0.349 e. The summed E-state index contributed by atoms with van der Waals surface area (Å²) in [6, 6.07) is 15.6. The molecule has 3 fully saturated rings. The topological polar surface area (TPSA) is 172 Å². The quantitative estimate of drug-likeness (QED) is 0.107. The molecule has 1 atom stereocenters. The fourth-order valence-corrected chi connectivity index (χ4v) is 11.3. The Bertz CT molecular complexity index is 2460. The van der Waals surface area contributed by atoms with Gasteiger partial charge in [0.25, 0.3) is 0 Å². The Labute approximate surface area is 335 Å². The Morgan fingerprint density at radius 2 is 1.72 bits per heavy atom. The van der Waals surface area contributed by atoms with Crippen molar-refractivity contribution >= 4 is 62.0 Å². The number of hydrogen-bond donors (Lipinski definition) is 5. The number of thiophene rings is 2. The first-order valence-electron chi connectivity index (χ1n) is 19.6. The molecule has 2 saturated heterocycles. The molecule has 11 rings (SSSR count). The summed E-state index contributed by atoms with van der Waals surface area (Å²) in [6.45, 7) is 8.26. The number of rotatable bonds is 13. The van der Waals surface area contributed by atoms with Crippen molar-refractivity contribution in [1.29, 1.82) is 0 Å². The Hall–Kier alpha value is -4.84. The molecule has 4 aromatic heterocycles.